The van der Waals surface area contributed by atoms with E-state index in [4.69, 9.17) is 4.74 Å². The Hall–Kier alpha value is -3.67. The molecule has 1 heterocycles. The molecule has 0 atom stereocenters. The van der Waals surface area contributed by atoms with Gasteiger partial charge in [0, 0.05) is 23.9 Å². The number of esters is 1. The zero-order valence-electron chi connectivity index (χ0n) is 15.0. The number of hydrogen-bond donors (Lipinski definition) is 2. The van der Waals surface area contributed by atoms with Crippen LogP contribution < -0.4 is 10.6 Å². The highest BCUT2D eigenvalue weighted by atomic mass is 16.5. The second-order valence-electron chi connectivity index (χ2n) is 5.70. The monoisotopic (exact) mass is 360 g/mol. The first-order chi connectivity index (χ1) is 13.2. The molecule has 6 nitrogen and oxygen atoms in total. The molecule has 0 aliphatic carbocycles. The van der Waals surface area contributed by atoms with Crippen molar-refractivity contribution in [2.45, 2.75) is 0 Å². The number of carbonyl (C=O) groups excluding carboxylic acids is 1. The van der Waals surface area contributed by atoms with Crippen LogP contribution in [0.15, 0.2) is 73.3 Å². The highest BCUT2D eigenvalue weighted by Gasteiger charge is 2.09. The van der Waals surface area contributed by atoms with Gasteiger partial charge < -0.3 is 15.4 Å². The van der Waals surface area contributed by atoms with Gasteiger partial charge in [0.05, 0.1) is 18.4 Å². The Morgan fingerprint density at radius 3 is 2.67 bits per heavy atom. The molecule has 2 aromatic carbocycles. The number of hydrogen-bond acceptors (Lipinski definition) is 6. The van der Waals surface area contributed by atoms with Crippen molar-refractivity contribution in [3.63, 3.8) is 0 Å². The molecule has 3 aromatic rings. The fourth-order valence-corrected chi connectivity index (χ4v) is 2.50. The van der Waals surface area contributed by atoms with E-state index in [1.54, 1.807) is 24.3 Å². The van der Waals surface area contributed by atoms with Crippen LogP contribution in [0.5, 0.6) is 0 Å². The Morgan fingerprint density at radius 2 is 1.93 bits per heavy atom. The summed E-state index contributed by atoms with van der Waals surface area (Å²) in [5.74, 6) is 0.708. The zero-order valence-corrected chi connectivity index (χ0v) is 15.0. The van der Waals surface area contributed by atoms with Crippen molar-refractivity contribution in [3.8, 4) is 11.3 Å². The van der Waals surface area contributed by atoms with Gasteiger partial charge in [-0.15, -0.1) is 6.58 Å². The van der Waals surface area contributed by atoms with Gasteiger partial charge >= 0.3 is 5.97 Å². The minimum Gasteiger partial charge on any atom is -0.465 e. The normalized spacial score (nSPS) is 10.1. The maximum Gasteiger partial charge on any atom is 0.337 e. The summed E-state index contributed by atoms with van der Waals surface area (Å²) >= 11 is 0. The zero-order chi connectivity index (χ0) is 19.1. The van der Waals surface area contributed by atoms with Gasteiger partial charge in [0.15, 0.2) is 0 Å². The summed E-state index contributed by atoms with van der Waals surface area (Å²) < 4.78 is 4.77. The molecule has 0 aliphatic heterocycles. The molecular weight excluding hydrogens is 340 g/mol. The van der Waals surface area contributed by atoms with Crippen molar-refractivity contribution in [1.29, 1.82) is 0 Å². The van der Waals surface area contributed by atoms with Gasteiger partial charge in [-0.05, 0) is 18.2 Å². The quantitative estimate of drug-likeness (QED) is 0.484. The molecule has 0 radical (unpaired) electrons. The number of carbonyl (C=O) groups is 1. The fraction of sp³-hybridized carbons (Fsp3) is 0.0952. The first-order valence-electron chi connectivity index (χ1n) is 8.44. The smallest absolute Gasteiger partial charge is 0.337 e. The lowest BCUT2D eigenvalue weighted by Gasteiger charge is -2.11. The standard InChI is InChI=1S/C21H20N4O2/c1-3-12-22-21-24-18(15-8-5-4-6-9-15)14-19(25-21)23-17-11-7-10-16(13-17)20(26)27-2/h3-11,13-14H,1,12H2,2H3,(H2,22,23,24,25). The summed E-state index contributed by atoms with van der Waals surface area (Å²) in [6.07, 6.45) is 1.74. The number of rotatable bonds is 7. The molecule has 27 heavy (non-hydrogen) atoms. The Bertz CT molecular complexity index is 942. The molecule has 2 N–H and O–H groups in total. The highest BCUT2D eigenvalue weighted by Crippen LogP contribution is 2.24. The van der Waals surface area contributed by atoms with Crippen molar-refractivity contribution in [3.05, 3.63) is 78.9 Å². The summed E-state index contributed by atoms with van der Waals surface area (Å²) in [4.78, 5) is 20.8. The third-order valence-electron chi connectivity index (χ3n) is 3.76. The number of nitrogens with zero attached hydrogens (tertiary/aromatic N) is 2. The lowest BCUT2D eigenvalue weighted by atomic mass is 10.1. The van der Waals surface area contributed by atoms with E-state index in [0.29, 0.717) is 23.9 Å². The van der Waals surface area contributed by atoms with E-state index in [0.717, 1.165) is 16.9 Å². The molecular formula is C21H20N4O2. The van der Waals surface area contributed by atoms with Crippen molar-refractivity contribution in [2.24, 2.45) is 0 Å². The predicted octanol–water partition coefficient (Wildman–Crippen LogP) is 4.27. The maximum absolute atomic E-state index is 11.7. The third kappa shape index (κ3) is 4.70. The number of methoxy groups -OCH3 is 1. The van der Waals surface area contributed by atoms with Crippen LogP contribution in [0.4, 0.5) is 17.5 Å². The predicted molar refractivity (Wildman–Crippen MR) is 107 cm³/mol. The largest absolute Gasteiger partial charge is 0.465 e. The van der Waals surface area contributed by atoms with Gasteiger partial charge in [-0.1, -0.05) is 42.5 Å². The lowest BCUT2D eigenvalue weighted by Crippen LogP contribution is -2.06. The molecule has 0 saturated carbocycles. The summed E-state index contributed by atoms with van der Waals surface area (Å²) in [5, 5.41) is 6.34. The molecule has 0 amide bonds. The SMILES string of the molecule is C=CCNc1nc(Nc2cccc(C(=O)OC)c2)cc(-c2ccccc2)n1. The van der Waals surface area contributed by atoms with E-state index in [1.807, 2.05) is 42.5 Å². The molecule has 136 valence electrons. The van der Waals surface area contributed by atoms with Crippen LogP contribution in [0.2, 0.25) is 0 Å². The molecule has 0 bridgehead atoms. The van der Waals surface area contributed by atoms with Crippen molar-refractivity contribution in [1.82, 2.24) is 9.97 Å². The van der Waals surface area contributed by atoms with Crippen LogP contribution >= 0.6 is 0 Å². The summed E-state index contributed by atoms with van der Waals surface area (Å²) in [6, 6.07) is 18.8. The average molecular weight is 360 g/mol. The number of aromatic nitrogens is 2. The summed E-state index contributed by atoms with van der Waals surface area (Å²) in [6.45, 7) is 4.25. The Labute approximate surface area is 157 Å². The minimum atomic E-state index is -0.389. The van der Waals surface area contributed by atoms with Crippen molar-refractivity contribution >= 4 is 23.4 Å². The number of nitrogens with one attached hydrogen (secondary N) is 2. The van der Waals surface area contributed by atoms with E-state index >= 15 is 0 Å². The Balaban J connectivity index is 1.94. The molecule has 0 fully saturated rings. The number of benzene rings is 2. The van der Waals surface area contributed by atoms with E-state index in [2.05, 4.69) is 27.2 Å². The molecule has 6 heteroatoms. The van der Waals surface area contributed by atoms with Gasteiger partial charge in [-0.25, -0.2) is 9.78 Å². The molecule has 3 rings (SSSR count). The molecule has 0 spiro atoms. The Morgan fingerprint density at radius 1 is 1.11 bits per heavy atom. The van der Waals surface area contributed by atoms with Crippen LogP contribution in [-0.2, 0) is 4.74 Å². The van der Waals surface area contributed by atoms with E-state index in [1.165, 1.54) is 7.11 Å². The van der Waals surface area contributed by atoms with E-state index < -0.39 is 0 Å². The Kier molecular flexibility index (Phi) is 5.79. The van der Waals surface area contributed by atoms with Gasteiger partial charge in [0.25, 0.3) is 0 Å². The van der Waals surface area contributed by atoms with Crippen molar-refractivity contribution in [2.75, 3.05) is 24.3 Å². The summed E-state index contributed by atoms with van der Waals surface area (Å²) in [5.41, 5.74) is 2.95. The fourth-order valence-electron chi connectivity index (χ4n) is 2.50. The second-order valence-corrected chi connectivity index (χ2v) is 5.70. The number of anilines is 3. The first-order valence-corrected chi connectivity index (χ1v) is 8.44. The van der Waals surface area contributed by atoms with Gasteiger partial charge in [-0.2, -0.15) is 4.98 Å². The average Bonchev–Trinajstić information content (AvgIpc) is 2.72. The second kappa shape index (κ2) is 8.62. The van der Waals surface area contributed by atoms with Crippen LogP contribution in [-0.4, -0.2) is 29.6 Å². The van der Waals surface area contributed by atoms with Crippen LogP contribution in [0.25, 0.3) is 11.3 Å². The maximum atomic E-state index is 11.7. The minimum absolute atomic E-state index is 0.389. The number of ether oxygens (including phenoxy) is 1. The van der Waals surface area contributed by atoms with Gasteiger partial charge in [0.1, 0.15) is 5.82 Å². The van der Waals surface area contributed by atoms with Crippen LogP contribution in [0, 0.1) is 0 Å². The van der Waals surface area contributed by atoms with Crippen LogP contribution in [0.3, 0.4) is 0 Å². The molecule has 0 saturated heterocycles. The molecule has 0 aliphatic rings. The summed E-state index contributed by atoms with van der Waals surface area (Å²) in [7, 11) is 1.36. The first kappa shape index (κ1) is 18.1. The van der Waals surface area contributed by atoms with Gasteiger partial charge in [-0.3, -0.25) is 0 Å². The lowest BCUT2D eigenvalue weighted by molar-refractivity contribution is 0.0601. The molecule has 1 aromatic heterocycles. The van der Waals surface area contributed by atoms with E-state index in [-0.39, 0.29) is 5.97 Å². The topological polar surface area (TPSA) is 76.1 Å². The van der Waals surface area contributed by atoms with Gasteiger partial charge in [0.2, 0.25) is 5.95 Å². The van der Waals surface area contributed by atoms with Crippen LogP contribution in [0.1, 0.15) is 10.4 Å². The van der Waals surface area contributed by atoms with E-state index in [9.17, 15) is 4.79 Å². The molecule has 0 unspecified atom stereocenters. The third-order valence-corrected chi connectivity index (χ3v) is 3.76. The highest BCUT2D eigenvalue weighted by molar-refractivity contribution is 5.90. The van der Waals surface area contributed by atoms with Crippen molar-refractivity contribution < 1.29 is 9.53 Å².